The highest BCUT2D eigenvalue weighted by Crippen LogP contribution is 2.30. The van der Waals surface area contributed by atoms with Gasteiger partial charge in [0.2, 0.25) is 0 Å². The van der Waals surface area contributed by atoms with Gasteiger partial charge in [-0.05, 0) is 37.1 Å². The lowest BCUT2D eigenvalue weighted by atomic mass is 10.1. The van der Waals surface area contributed by atoms with Crippen molar-refractivity contribution in [3.05, 3.63) is 65.2 Å². The predicted octanol–water partition coefficient (Wildman–Crippen LogP) is 3.91. The Labute approximate surface area is 172 Å². The number of hydrogen-bond acceptors (Lipinski definition) is 3. The number of nitrogens with zero attached hydrogens (tertiary/aromatic N) is 3. The molecule has 0 spiro atoms. The van der Waals surface area contributed by atoms with E-state index >= 15 is 0 Å². The van der Waals surface area contributed by atoms with Gasteiger partial charge in [0.1, 0.15) is 18.4 Å². The van der Waals surface area contributed by atoms with Crippen LogP contribution in [0.15, 0.2) is 59.7 Å². The van der Waals surface area contributed by atoms with Crippen molar-refractivity contribution in [3.63, 3.8) is 0 Å². The van der Waals surface area contributed by atoms with E-state index < -0.39 is 12.7 Å². The molecule has 0 aliphatic carbocycles. The molecule has 0 atom stereocenters. The summed E-state index contributed by atoms with van der Waals surface area (Å²) >= 11 is 0. The molecular formula is C22H24F3N3O2. The van der Waals surface area contributed by atoms with Crippen LogP contribution in [0.4, 0.5) is 13.2 Å². The summed E-state index contributed by atoms with van der Waals surface area (Å²) in [5.74, 6) is 0.628. The monoisotopic (exact) mass is 419 g/mol. The van der Waals surface area contributed by atoms with Gasteiger partial charge in [0.05, 0.1) is 5.52 Å². The van der Waals surface area contributed by atoms with Gasteiger partial charge >= 0.3 is 6.18 Å². The summed E-state index contributed by atoms with van der Waals surface area (Å²) in [7, 11) is 0. The standard InChI is InChI=1S/C22H24F3N3O2/c23-22(24,25)16-28-13-9-18-19(28)4-3-5-20(18)30-17-7-11-26(12-8-17)14-15-27-10-2-1-6-21(27)29/h1-6,9-10,13,17H,7-8,11-12,14-16H2. The van der Waals surface area contributed by atoms with Gasteiger partial charge in [-0.3, -0.25) is 4.79 Å². The van der Waals surface area contributed by atoms with Crippen molar-refractivity contribution < 1.29 is 17.9 Å². The van der Waals surface area contributed by atoms with Crippen LogP contribution in [0.5, 0.6) is 5.75 Å². The fraction of sp³-hybridized carbons (Fsp3) is 0.409. The maximum atomic E-state index is 12.8. The molecule has 1 aliphatic rings. The minimum Gasteiger partial charge on any atom is -0.490 e. The molecule has 1 saturated heterocycles. The van der Waals surface area contributed by atoms with Crippen molar-refractivity contribution in [2.75, 3.05) is 19.6 Å². The van der Waals surface area contributed by atoms with Crippen LogP contribution >= 0.6 is 0 Å². The highest BCUT2D eigenvalue weighted by atomic mass is 19.4. The highest BCUT2D eigenvalue weighted by molar-refractivity contribution is 5.86. The predicted molar refractivity (Wildman–Crippen MR) is 109 cm³/mol. The minimum absolute atomic E-state index is 0.00118. The van der Waals surface area contributed by atoms with Gasteiger partial charge in [-0.25, -0.2) is 0 Å². The van der Waals surface area contributed by atoms with Gasteiger partial charge < -0.3 is 18.8 Å². The lowest BCUT2D eigenvalue weighted by Gasteiger charge is -2.32. The first-order valence-corrected chi connectivity index (χ1v) is 10.1. The van der Waals surface area contributed by atoms with Crippen LogP contribution in [-0.2, 0) is 13.1 Å². The third-order valence-corrected chi connectivity index (χ3v) is 5.51. The smallest absolute Gasteiger partial charge is 0.406 e. The second-order valence-electron chi connectivity index (χ2n) is 7.64. The highest BCUT2D eigenvalue weighted by Gasteiger charge is 2.28. The molecule has 1 aliphatic heterocycles. The molecule has 0 N–H and O–H groups in total. The summed E-state index contributed by atoms with van der Waals surface area (Å²) in [6.45, 7) is 2.15. The lowest BCUT2D eigenvalue weighted by molar-refractivity contribution is -0.139. The van der Waals surface area contributed by atoms with Crippen molar-refractivity contribution in [1.82, 2.24) is 14.0 Å². The van der Waals surface area contributed by atoms with Crippen LogP contribution in [0.1, 0.15) is 12.8 Å². The molecule has 30 heavy (non-hydrogen) atoms. The van der Waals surface area contributed by atoms with Gasteiger partial charge in [0.15, 0.2) is 0 Å². The molecule has 5 nitrogen and oxygen atoms in total. The number of benzene rings is 1. The van der Waals surface area contributed by atoms with E-state index in [0.717, 1.165) is 32.5 Å². The van der Waals surface area contributed by atoms with Gasteiger partial charge in [-0.2, -0.15) is 13.2 Å². The van der Waals surface area contributed by atoms with Crippen LogP contribution in [-0.4, -0.2) is 45.9 Å². The van der Waals surface area contributed by atoms with E-state index in [0.29, 0.717) is 23.2 Å². The Morgan fingerprint density at radius 3 is 2.47 bits per heavy atom. The van der Waals surface area contributed by atoms with E-state index in [1.54, 1.807) is 41.1 Å². The second-order valence-corrected chi connectivity index (χ2v) is 7.64. The van der Waals surface area contributed by atoms with Crippen LogP contribution in [0, 0.1) is 0 Å². The zero-order valence-corrected chi connectivity index (χ0v) is 16.5. The van der Waals surface area contributed by atoms with Crippen molar-refractivity contribution in [1.29, 1.82) is 0 Å². The number of ether oxygens (including phenoxy) is 1. The first kappa shape index (κ1) is 20.5. The average molecular weight is 419 g/mol. The summed E-state index contributed by atoms with van der Waals surface area (Å²) in [6.07, 6.45) is 0.688. The summed E-state index contributed by atoms with van der Waals surface area (Å²) in [6, 6.07) is 12.1. The maximum absolute atomic E-state index is 12.8. The minimum atomic E-state index is -4.26. The molecule has 1 fully saturated rings. The number of alkyl halides is 3. The number of pyridine rings is 1. The third kappa shape index (κ3) is 4.87. The Morgan fingerprint density at radius 2 is 1.73 bits per heavy atom. The summed E-state index contributed by atoms with van der Waals surface area (Å²) in [4.78, 5) is 14.1. The Bertz CT molecular complexity index is 1050. The van der Waals surface area contributed by atoms with E-state index in [1.165, 1.54) is 10.8 Å². The first-order valence-electron chi connectivity index (χ1n) is 10.1. The van der Waals surface area contributed by atoms with Gasteiger partial charge in [0.25, 0.3) is 5.56 Å². The van der Waals surface area contributed by atoms with Gasteiger partial charge in [0, 0.05) is 50.0 Å². The molecule has 160 valence electrons. The zero-order chi connectivity index (χ0) is 21.1. The maximum Gasteiger partial charge on any atom is 0.406 e. The molecule has 1 aromatic carbocycles. The number of halogens is 3. The molecule has 4 rings (SSSR count). The molecule has 0 radical (unpaired) electrons. The van der Waals surface area contributed by atoms with Crippen LogP contribution in [0.3, 0.4) is 0 Å². The van der Waals surface area contributed by atoms with Crippen molar-refractivity contribution in [2.45, 2.75) is 38.2 Å². The van der Waals surface area contributed by atoms with Crippen LogP contribution in [0.25, 0.3) is 10.9 Å². The number of piperidine rings is 1. The number of aromatic nitrogens is 2. The van der Waals surface area contributed by atoms with Gasteiger partial charge in [-0.15, -0.1) is 0 Å². The van der Waals surface area contributed by atoms with E-state index in [1.807, 2.05) is 12.1 Å². The van der Waals surface area contributed by atoms with E-state index in [9.17, 15) is 18.0 Å². The first-order chi connectivity index (χ1) is 14.4. The molecular weight excluding hydrogens is 395 g/mol. The number of hydrogen-bond donors (Lipinski definition) is 0. The van der Waals surface area contributed by atoms with Crippen LogP contribution < -0.4 is 10.3 Å². The van der Waals surface area contributed by atoms with Crippen LogP contribution in [0.2, 0.25) is 0 Å². The van der Waals surface area contributed by atoms with E-state index in [2.05, 4.69) is 4.90 Å². The third-order valence-electron chi connectivity index (χ3n) is 5.51. The molecule has 0 amide bonds. The Balaban J connectivity index is 1.34. The Kier molecular flexibility index (Phi) is 5.85. The Morgan fingerprint density at radius 1 is 0.933 bits per heavy atom. The lowest BCUT2D eigenvalue weighted by Crippen LogP contribution is -2.40. The largest absolute Gasteiger partial charge is 0.490 e. The van der Waals surface area contributed by atoms with Crippen molar-refractivity contribution in [2.24, 2.45) is 0 Å². The number of fused-ring (bicyclic) bond motifs is 1. The second kappa shape index (κ2) is 8.55. The van der Waals surface area contributed by atoms with E-state index in [-0.39, 0.29) is 11.7 Å². The fourth-order valence-corrected chi connectivity index (χ4v) is 3.95. The Hall–Kier alpha value is -2.74. The number of rotatable bonds is 6. The van der Waals surface area contributed by atoms with Crippen molar-refractivity contribution in [3.8, 4) is 5.75 Å². The van der Waals surface area contributed by atoms with E-state index in [4.69, 9.17) is 4.74 Å². The zero-order valence-electron chi connectivity index (χ0n) is 16.5. The molecule has 0 bridgehead atoms. The number of likely N-dealkylation sites (tertiary alicyclic amines) is 1. The summed E-state index contributed by atoms with van der Waals surface area (Å²) in [5, 5.41) is 0.702. The average Bonchev–Trinajstić information content (AvgIpc) is 3.11. The molecule has 0 saturated carbocycles. The topological polar surface area (TPSA) is 39.4 Å². The van der Waals surface area contributed by atoms with Crippen molar-refractivity contribution >= 4 is 10.9 Å². The normalized spacial score (nSPS) is 16.2. The SMILES string of the molecule is O=c1ccccn1CCN1CCC(Oc2cccc3c2ccn3CC(F)(F)F)CC1. The molecule has 0 unspecified atom stereocenters. The molecule has 2 aromatic heterocycles. The summed E-state index contributed by atoms with van der Waals surface area (Å²) in [5.41, 5.74) is 0.525. The molecule has 3 heterocycles. The molecule has 8 heteroatoms. The molecule has 3 aromatic rings. The summed E-state index contributed by atoms with van der Waals surface area (Å²) < 4.78 is 47.4. The van der Waals surface area contributed by atoms with Gasteiger partial charge in [-0.1, -0.05) is 12.1 Å². The quantitative estimate of drug-likeness (QED) is 0.608. The fourth-order valence-electron chi connectivity index (χ4n) is 3.95.